The number of unbranched alkanes of at least 4 members (excludes halogenated alkanes) is 1. The van der Waals surface area contributed by atoms with Crippen molar-refractivity contribution in [2.75, 3.05) is 5.33 Å². The van der Waals surface area contributed by atoms with Crippen molar-refractivity contribution in [2.45, 2.75) is 32.6 Å². The standard InChI is InChI=1S/C12H17BrS/c1-2-3-6-11-8-10-14-12(11)7-4-5-9-13/h4,7-8,10H,2-3,5-6,9H2,1H3. The number of aryl methyl sites for hydroxylation is 1. The third-order valence-electron chi connectivity index (χ3n) is 2.13. The average molecular weight is 273 g/mol. The van der Waals surface area contributed by atoms with Gasteiger partial charge in [-0.1, -0.05) is 35.4 Å². The Morgan fingerprint density at radius 1 is 1.50 bits per heavy atom. The molecule has 0 nitrogen and oxygen atoms in total. The summed E-state index contributed by atoms with van der Waals surface area (Å²) in [6, 6.07) is 2.26. The van der Waals surface area contributed by atoms with E-state index in [4.69, 9.17) is 0 Å². The van der Waals surface area contributed by atoms with E-state index in [1.54, 1.807) is 0 Å². The van der Waals surface area contributed by atoms with Crippen LogP contribution in [0.1, 0.15) is 36.6 Å². The van der Waals surface area contributed by atoms with Crippen LogP contribution in [0.3, 0.4) is 0 Å². The minimum Gasteiger partial charge on any atom is -0.144 e. The maximum Gasteiger partial charge on any atom is 0.0299 e. The molecule has 0 aromatic carbocycles. The van der Waals surface area contributed by atoms with E-state index in [9.17, 15) is 0 Å². The lowest BCUT2D eigenvalue weighted by molar-refractivity contribution is 0.796. The second-order valence-corrected chi connectivity index (χ2v) is 5.03. The summed E-state index contributed by atoms with van der Waals surface area (Å²) in [6.07, 6.45) is 9.43. The monoisotopic (exact) mass is 272 g/mol. The fraction of sp³-hybridized carbons (Fsp3) is 0.500. The lowest BCUT2D eigenvalue weighted by Crippen LogP contribution is -1.83. The average Bonchev–Trinajstić information content (AvgIpc) is 2.63. The van der Waals surface area contributed by atoms with Gasteiger partial charge in [0.2, 0.25) is 0 Å². The molecule has 0 aliphatic carbocycles. The van der Waals surface area contributed by atoms with E-state index in [2.05, 4.69) is 46.5 Å². The van der Waals surface area contributed by atoms with Crippen LogP contribution in [0.25, 0.3) is 6.08 Å². The summed E-state index contributed by atoms with van der Waals surface area (Å²) in [5.74, 6) is 0. The molecule has 0 aliphatic rings. The minimum atomic E-state index is 1.05. The summed E-state index contributed by atoms with van der Waals surface area (Å²) in [6.45, 7) is 2.24. The fourth-order valence-corrected chi connectivity index (χ4v) is 2.46. The fourth-order valence-electron chi connectivity index (χ4n) is 1.32. The normalized spacial score (nSPS) is 11.3. The van der Waals surface area contributed by atoms with E-state index in [0.29, 0.717) is 0 Å². The molecule has 0 spiro atoms. The van der Waals surface area contributed by atoms with Crippen LogP contribution in [0.5, 0.6) is 0 Å². The van der Waals surface area contributed by atoms with E-state index in [0.717, 1.165) is 11.8 Å². The summed E-state index contributed by atoms with van der Waals surface area (Å²) in [4.78, 5) is 1.44. The van der Waals surface area contributed by atoms with E-state index >= 15 is 0 Å². The number of thiophene rings is 1. The number of allylic oxidation sites excluding steroid dienone is 1. The highest BCUT2D eigenvalue weighted by Crippen LogP contribution is 2.20. The van der Waals surface area contributed by atoms with Crippen LogP contribution >= 0.6 is 27.3 Å². The number of hydrogen-bond acceptors (Lipinski definition) is 1. The first-order valence-corrected chi connectivity index (χ1v) is 7.17. The molecule has 78 valence electrons. The first-order valence-electron chi connectivity index (χ1n) is 5.17. The summed E-state index contributed by atoms with van der Waals surface area (Å²) in [7, 11) is 0. The number of rotatable bonds is 6. The van der Waals surface area contributed by atoms with Crippen molar-refractivity contribution in [1.82, 2.24) is 0 Å². The van der Waals surface area contributed by atoms with Gasteiger partial charge < -0.3 is 0 Å². The van der Waals surface area contributed by atoms with Crippen LogP contribution in [0.2, 0.25) is 0 Å². The van der Waals surface area contributed by atoms with Crippen LogP contribution in [0.15, 0.2) is 17.5 Å². The van der Waals surface area contributed by atoms with Crippen molar-refractivity contribution in [3.8, 4) is 0 Å². The molecule has 0 amide bonds. The highest BCUT2D eigenvalue weighted by molar-refractivity contribution is 9.09. The summed E-state index contributed by atoms with van der Waals surface area (Å²) in [5, 5.41) is 3.25. The Hall–Kier alpha value is -0.0800. The van der Waals surface area contributed by atoms with Gasteiger partial charge in [-0.2, -0.15) is 0 Å². The summed E-state index contributed by atoms with van der Waals surface area (Å²) in [5.41, 5.74) is 1.52. The summed E-state index contributed by atoms with van der Waals surface area (Å²) >= 11 is 5.27. The highest BCUT2D eigenvalue weighted by atomic mass is 79.9. The smallest absolute Gasteiger partial charge is 0.0299 e. The molecule has 0 bridgehead atoms. The van der Waals surface area contributed by atoms with Crippen LogP contribution in [-0.4, -0.2) is 5.33 Å². The van der Waals surface area contributed by atoms with Gasteiger partial charge in [0.25, 0.3) is 0 Å². The maximum atomic E-state index is 3.43. The molecule has 14 heavy (non-hydrogen) atoms. The molecule has 0 saturated heterocycles. The van der Waals surface area contributed by atoms with Gasteiger partial charge in [-0.05, 0) is 42.3 Å². The first-order chi connectivity index (χ1) is 6.88. The highest BCUT2D eigenvalue weighted by Gasteiger charge is 1.99. The second-order valence-electron chi connectivity index (χ2n) is 3.29. The predicted molar refractivity (Wildman–Crippen MR) is 70.4 cm³/mol. The van der Waals surface area contributed by atoms with Gasteiger partial charge in [-0.3, -0.25) is 0 Å². The van der Waals surface area contributed by atoms with Crippen molar-refractivity contribution in [2.24, 2.45) is 0 Å². The Bertz CT molecular complexity index is 276. The minimum absolute atomic E-state index is 1.05. The Kier molecular flexibility index (Phi) is 6.20. The first kappa shape index (κ1) is 12.0. The molecule has 0 atom stereocenters. The van der Waals surface area contributed by atoms with Crippen molar-refractivity contribution < 1.29 is 0 Å². The molecule has 2 heteroatoms. The van der Waals surface area contributed by atoms with Crippen LogP contribution in [-0.2, 0) is 6.42 Å². The Labute approximate surface area is 99.2 Å². The van der Waals surface area contributed by atoms with E-state index in [-0.39, 0.29) is 0 Å². The van der Waals surface area contributed by atoms with Crippen molar-refractivity contribution >= 4 is 33.3 Å². The van der Waals surface area contributed by atoms with Gasteiger partial charge in [-0.15, -0.1) is 11.3 Å². The molecule has 1 aromatic rings. The Balaban J connectivity index is 2.53. The quantitative estimate of drug-likeness (QED) is 0.647. The Morgan fingerprint density at radius 3 is 3.07 bits per heavy atom. The van der Waals surface area contributed by atoms with Crippen molar-refractivity contribution in [1.29, 1.82) is 0 Å². The predicted octanol–water partition coefficient (Wildman–Crippen LogP) is 4.89. The van der Waals surface area contributed by atoms with Gasteiger partial charge >= 0.3 is 0 Å². The van der Waals surface area contributed by atoms with Crippen LogP contribution < -0.4 is 0 Å². The lowest BCUT2D eigenvalue weighted by Gasteiger charge is -1.97. The largest absolute Gasteiger partial charge is 0.144 e. The van der Waals surface area contributed by atoms with E-state index < -0.39 is 0 Å². The SMILES string of the molecule is CCCCc1ccsc1C=CCCBr. The molecule has 0 radical (unpaired) electrons. The zero-order chi connectivity index (χ0) is 10.2. The number of halogens is 1. The zero-order valence-corrected chi connectivity index (χ0v) is 11.0. The molecule has 1 aromatic heterocycles. The molecular formula is C12H17BrS. The summed E-state index contributed by atoms with van der Waals surface area (Å²) < 4.78 is 0. The van der Waals surface area contributed by atoms with Crippen LogP contribution in [0.4, 0.5) is 0 Å². The number of hydrogen-bond donors (Lipinski definition) is 0. The van der Waals surface area contributed by atoms with Gasteiger partial charge in [0.05, 0.1) is 0 Å². The Morgan fingerprint density at radius 2 is 2.36 bits per heavy atom. The maximum absolute atomic E-state index is 3.43. The molecular weight excluding hydrogens is 256 g/mol. The lowest BCUT2D eigenvalue weighted by atomic mass is 10.1. The third kappa shape index (κ3) is 3.97. The van der Waals surface area contributed by atoms with Gasteiger partial charge in [0.15, 0.2) is 0 Å². The molecule has 0 aliphatic heterocycles. The van der Waals surface area contributed by atoms with Gasteiger partial charge in [0.1, 0.15) is 0 Å². The zero-order valence-electron chi connectivity index (χ0n) is 8.63. The molecule has 0 unspecified atom stereocenters. The van der Waals surface area contributed by atoms with E-state index in [1.165, 1.54) is 29.7 Å². The number of alkyl halides is 1. The molecule has 0 N–H and O–H groups in total. The van der Waals surface area contributed by atoms with Crippen molar-refractivity contribution in [3.63, 3.8) is 0 Å². The molecule has 0 saturated carbocycles. The molecule has 0 fully saturated rings. The van der Waals surface area contributed by atoms with Crippen LogP contribution in [0, 0.1) is 0 Å². The second kappa shape index (κ2) is 7.24. The van der Waals surface area contributed by atoms with Gasteiger partial charge in [-0.25, -0.2) is 0 Å². The van der Waals surface area contributed by atoms with E-state index in [1.807, 2.05) is 11.3 Å². The van der Waals surface area contributed by atoms with Crippen molar-refractivity contribution in [3.05, 3.63) is 28.0 Å². The molecule has 1 heterocycles. The van der Waals surface area contributed by atoms with Gasteiger partial charge in [0, 0.05) is 10.2 Å². The molecule has 1 rings (SSSR count). The topological polar surface area (TPSA) is 0 Å². The third-order valence-corrected chi connectivity index (χ3v) is 3.51.